The Morgan fingerprint density at radius 1 is 1.19 bits per heavy atom. The van der Waals surface area contributed by atoms with Gasteiger partial charge in [0, 0.05) is 17.9 Å². The fourth-order valence-corrected chi connectivity index (χ4v) is 4.19. The van der Waals surface area contributed by atoms with E-state index in [1.165, 1.54) is 0 Å². The Morgan fingerprint density at radius 2 is 2.04 bits per heavy atom. The van der Waals surface area contributed by atoms with Gasteiger partial charge in [0.05, 0.1) is 17.7 Å². The van der Waals surface area contributed by atoms with E-state index in [-0.39, 0.29) is 0 Å². The molecule has 0 saturated heterocycles. The van der Waals surface area contributed by atoms with E-state index >= 15 is 0 Å². The summed E-state index contributed by atoms with van der Waals surface area (Å²) in [5.41, 5.74) is 1.90. The van der Waals surface area contributed by atoms with Crippen molar-refractivity contribution in [3.05, 3.63) is 53.7 Å². The molecule has 3 heterocycles. The Bertz CT molecular complexity index is 1010. The van der Waals surface area contributed by atoms with Crippen molar-refractivity contribution < 1.29 is 9.15 Å². The Balaban J connectivity index is 1.50. The second kappa shape index (κ2) is 7.98. The van der Waals surface area contributed by atoms with Gasteiger partial charge in [-0.1, -0.05) is 17.8 Å². The lowest BCUT2D eigenvalue weighted by Gasteiger charge is -2.07. The van der Waals surface area contributed by atoms with Gasteiger partial charge in [0.15, 0.2) is 11.0 Å². The van der Waals surface area contributed by atoms with Crippen LogP contribution < -0.4 is 4.74 Å². The Kier molecular flexibility index (Phi) is 5.26. The van der Waals surface area contributed by atoms with E-state index in [4.69, 9.17) is 9.15 Å². The Labute approximate surface area is 165 Å². The van der Waals surface area contributed by atoms with Gasteiger partial charge in [-0.3, -0.25) is 0 Å². The van der Waals surface area contributed by atoms with Crippen molar-refractivity contribution in [3.63, 3.8) is 0 Å². The van der Waals surface area contributed by atoms with Crippen molar-refractivity contribution >= 4 is 23.1 Å². The minimum atomic E-state index is 0.663. The quantitative estimate of drug-likeness (QED) is 0.409. The van der Waals surface area contributed by atoms with Crippen LogP contribution in [0.3, 0.4) is 0 Å². The summed E-state index contributed by atoms with van der Waals surface area (Å²) in [6.45, 7) is 2.88. The van der Waals surface area contributed by atoms with Gasteiger partial charge < -0.3 is 13.7 Å². The van der Waals surface area contributed by atoms with Gasteiger partial charge in [-0.25, -0.2) is 4.98 Å². The number of thiophene rings is 1. The minimum absolute atomic E-state index is 0.663. The molecule has 0 unspecified atom stereocenters. The van der Waals surface area contributed by atoms with Gasteiger partial charge >= 0.3 is 0 Å². The Hall–Kier alpha value is -2.58. The third kappa shape index (κ3) is 3.77. The largest absolute Gasteiger partial charge is 0.497 e. The molecule has 27 heavy (non-hydrogen) atoms. The van der Waals surface area contributed by atoms with Crippen molar-refractivity contribution in [3.8, 4) is 27.9 Å². The molecule has 0 atom stereocenters. The fourth-order valence-electron chi connectivity index (χ4n) is 2.66. The molecule has 8 heteroatoms. The zero-order chi connectivity index (χ0) is 18.6. The van der Waals surface area contributed by atoms with E-state index in [0.29, 0.717) is 11.6 Å². The van der Waals surface area contributed by atoms with E-state index in [2.05, 4.69) is 26.7 Å². The molecule has 0 bridgehead atoms. The molecule has 1 aromatic carbocycles. The number of oxazole rings is 1. The van der Waals surface area contributed by atoms with Crippen molar-refractivity contribution in [2.75, 3.05) is 7.11 Å². The number of hydrogen-bond donors (Lipinski definition) is 0. The van der Waals surface area contributed by atoms with Crippen LogP contribution in [-0.2, 0) is 12.3 Å². The van der Waals surface area contributed by atoms with Gasteiger partial charge in [0.25, 0.3) is 0 Å². The maximum atomic E-state index is 5.58. The van der Waals surface area contributed by atoms with Crippen LogP contribution in [0.4, 0.5) is 0 Å². The zero-order valence-corrected chi connectivity index (χ0v) is 16.6. The molecule has 6 nitrogen and oxygen atoms in total. The highest BCUT2D eigenvalue weighted by Crippen LogP contribution is 2.29. The number of methoxy groups -OCH3 is 1. The van der Waals surface area contributed by atoms with Crippen LogP contribution in [0.2, 0.25) is 0 Å². The lowest BCUT2D eigenvalue weighted by Crippen LogP contribution is -2.00. The van der Waals surface area contributed by atoms with E-state index in [9.17, 15) is 0 Å². The van der Waals surface area contributed by atoms with Crippen LogP contribution >= 0.6 is 23.1 Å². The lowest BCUT2D eigenvalue weighted by atomic mass is 10.2. The van der Waals surface area contributed by atoms with Crippen molar-refractivity contribution in [2.24, 2.45) is 0 Å². The van der Waals surface area contributed by atoms with Crippen LogP contribution in [0.5, 0.6) is 5.75 Å². The number of hydrogen-bond acceptors (Lipinski definition) is 7. The Morgan fingerprint density at radius 3 is 2.74 bits per heavy atom. The van der Waals surface area contributed by atoms with Gasteiger partial charge in [-0.05, 0) is 42.6 Å². The highest BCUT2D eigenvalue weighted by atomic mass is 32.2. The summed E-state index contributed by atoms with van der Waals surface area (Å²) in [6.07, 6.45) is 1.71. The summed E-state index contributed by atoms with van der Waals surface area (Å²) in [4.78, 5) is 5.59. The zero-order valence-electron chi connectivity index (χ0n) is 15.0. The molecule has 0 N–H and O–H groups in total. The van der Waals surface area contributed by atoms with Crippen molar-refractivity contribution in [1.82, 2.24) is 19.7 Å². The molecule has 0 saturated carbocycles. The number of thioether (sulfide) groups is 1. The minimum Gasteiger partial charge on any atom is -0.497 e. The second-order valence-electron chi connectivity index (χ2n) is 5.69. The van der Waals surface area contributed by atoms with Crippen LogP contribution in [0.25, 0.3) is 22.2 Å². The lowest BCUT2D eigenvalue weighted by molar-refractivity contribution is 0.415. The van der Waals surface area contributed by atoms with Crippen molar-refractivity contribution in [1.29, 1.82) is 0 Å². The monoisotopic (exact) mass is 398 g/mol. The SMILES string of the molecule is CCn1c(SCc2coc(-c3cccs3)n2)nnc1-c1ccc(OC)cc1. The molecule has 138 valence electrons. The molecule has 0 fully saturated rings. The fraction of sp³-hybridized carbons (Fsp3) is 0.211. The van der Waals surface area contributed by atoms with Crippen molar-refractivity contribution in [2.45, 2.75) is 24.4 Å². The maximum Gasteiger partial charge on any atom is 0.236 e. The van der Waals surface area contributed by atoms with E-state index in [1.807, 2.05) is 41.8 Å². The molecule has 0 radical (unpaired) electrons. The normalized spacial score (nSPS) is 11.0. The smallest absolute Gasteiger partial charge is 0.236 e. The first-order valence-corrected chi connectivity index (χ1v) is 10.3. The topological polar surface area (TPSA) is 66.0 Å². The molecular weight excluding hydrogens is 380 g/mol. The number of ether oxygens (including phenoxy) is 1. The van der Waals surface area contributed by atoms with Crippen LogP contribution in [0.15, 0.2) is 57.6 Å². The van der Waals surface area contributed by atoms with Gasteiger partial charge in [-0.2, -0.15) is 0 Å². The molecule has 0 aliphatic rings. The predicted molar refractivity (Wildman–Crippen MR) is 107 cm³/mol. The number of aromatic nitrogens is 4. The maximum absolute atomic E-state index is 5.58. The average molecular weight is 399 g/mol. The molecule has 3 aromatic heterocycles. The molecule has 4 rings (SSSR count). The average Bonchev–Trinajstić information content (AvgIpc) is 3.46. The first kappa shape index (κ1) is 17.8. The van der Waals surface area contributed by atoms with E-state index in [0.717, 1.165) is 39.4 Å². The number of rotatable bonds is 7. The molecule has 4 aromatic rings. The van der Waals surface area contributed by atoms with Gasteiger partial charge in [0.2, 0.25) is 5.89 Å². The highest BCUT2D eigenvalue weighted by Gasteiger charge is 2.15. The first-order chi connectivity index (χ1) is 13.3. The summed E-state index contributed by atoms with van der Waals surface area (Å²) in [5, 5.41) is 11.6. The van der Waals surface area contributed by atoms with E-state index < -0.39 is 0 Å². The molecule has 0 aliphatic heterocycles. The summed E-state index contributed by atoms with van der Waals surface area (Å²) in [6, 6.07) is 11.8. The molecule has 0 spiro atoms. The number of nitrogens with zero attached hydrogens (tertiary/aromatic N) is 4. The van der Waals surface area contributed by atoms with Gasteiger partial charge in [0.1, 0.15) is 12.0 Å². The summed E-state index contributed by atoms with van der Waals surface area (Å²) in [7, 11) is 1.66. The predicted octanol–water partition coefficient (Wildman–Crippen LogP) is 4.98. The van der Waals surface area contributed by atoms with Gasteiger partial charge in [-0.15, -0.1) is 21.5 Å². The van der Waals surface area contributed by atoms with Crippen LogP contribution in [0.1, 0.15) is 12.6 Å². The summed E-state index contributed by atoms with van der Waals surface area (Å²) >= 11 is 3.22. The van der Waals surface area contributed by atoms with E-state index in [1.54, 1.807) is 36.5 Å². The molecule has 0 aliphatic carbocycles. The van der Waals surface area contributed by atoms with Crippen LogP contribution in [0, 0.1) is 0 Å². The summed E-state index contributed by atoms with van der Waals surface area (Å²) < 4.78 is 12.9. The molecule has 0 amide bonds. The first-order valence-electron chi connectivity index (χ1n) is 8.47. The third-order valence-corrected chi connectivity index (χ3v) is 5.87. The highest BCUT2D eigenvalue weighted by molar-refractivity contribution is 7.98. The standard InChI is InChI=1S/C19H18N4O2S2/c1-3-23-17(13-6-8-15(24-2)9-7-13)21-22-19(23)27-12-14-11-25-18(20-14)16-5-4-10-26-16/h4-11H,3,12H2,1-2H3. The molecular formula is C19H18N4O2S2. The summed E-state index contributed by atoms with van der Waals surface area (Å²) in [5.74, 6) is 3.01. The second-order valence-corrected chi connectivity index (χ2v) is 7.58. The number of benzene rings is 1. The van der Waals surface area contributed by atoms with Crippen LogP contribution in [-0.4, -0.2) is 26.9 Å². The third-order valence-electron chi connectivity index (χ3n) is 4.01.